The van der Waals surface area contributed by atoms with Crippen molar-refractivity contribution in [2.75, 3.05) is 13.1 Å². The van der Waals surface area contributed by atoms with Crippen LogP contribution in [-0.2, 0) is 10.0 Å². The Morgan fingerprint density at radius 1 is 1.32 bits per heavy atom. The van der Waals surface area contributed by atoms with Gasteiger partial charge in [0.25, 0.3) is 0 Å². The molecular formula is C11H14Cl2N2O2S2. The lowest BCUT2D eigenvalue weighted by Crippen LogP contribution is -2.33. The van der Waals surface area contributed by atoms with Crippen molar-refractivity contribution in [3.8, 4) is 0 Å². The van der Waals surface area contributed by atoms with E-state index in [-0.39, 0.29) is 21.2 Å². The molecule has 1 aromatic heterocycles. The Hall–Kier alpha value is 0.150. The summed E-state index contributed by atoms with van der Waals surface area (Å²) in [6, 6.07) is 1.55. The summed E-state index contributed by atoms with van der Waals surface area (Å²) >= 11 is 12.9. The zero-order valence-corrected chi connectivity index (χ0v) is 13.2. The van der Waals surface area contributed by atoms with Crippen molar-refractivity contribution >= 4 is 44.6 Å². The van der Waals surface area contributed by atoms with Gasteiger partial charge in [0.2, 0.25) is 10.0 Å². The fourth-order valence-corrected chi connectivity index (χ4v) is 6.75. The molecule has 2 heterocycles. The third-order valence-corrected chi connectivity index (χ3v) is 7.71. The van der Waals surface area contributed by atoms with Gasteiger partial charge in [0.1, 0.15) is 9.23 Å². The molecular weight excluding hydrogens is 327 g/mol. The van der Waals surface area contributed by atoms with Crippen LogP contribution in [0, 0.1) is 11.8 Å². The lowest BCUT2D eigenvalue weighted by Gasteiger charge is -2.18. The highest BCUT2D eigenvalue weighted by atomic mass is 35.5. The predicted octanol–water partition coefficient (Wildman–Crippen LogP) is 2.41. The minimum Gasteiger partial charge on any atom is -0.327 e. The van der Waals surface area contributed by atoms with E-state index < -0.39 is 10.0 Å². The van der Waals surface area contributed by atoms with E-state index in [9.17, 15) is 8.42 Å². The van der Waals surface area contributed by atoms with Crippen molar-refractivity contribution in [1.82, 2.24) is 4.31 Å². The van der Waals surface area contributed by atoms with Crippen LogP contribution in [0.1, 0.15) is 12.8 Å². The van der Waals surface area contributed by atoms with Crippen LogP contribution in [0.2, 0.25) is 8.67 Å². The molecule has 8 heteroatoms. The first-order valence-corrected chi connectivity index (χ1v) is 9.11. The highest BCUT2D eigenvalue weighted by Crippen LogP contribution is 2.42. The van der Waals surface area contributed by atoms with E-state index in [0.717, 1.165) is 24.2 Å². The number of nitrogens with two attached hydrogens (primary N) is 1. The van der Waals surface area contributed by atoms with Crippen molar-refractivity contribution in [2.45, 2.75) is 23.8 Å². The lowest BCUT2D eigenvalue weighted by atomic mass is 9.98. The molecule has 1 aliphatic carbocycles. The molecule has 3 atom stereocenters. The van der Waals surface area contributed by atoms with Gasteiger partial charge in [-0.1, -0.05) is 23.2 Å². The molecule has 2 aliphatic rings. The highest BCUT2D eigenvalue weighted by Gasteiger charge is 2.45. The van der Waals surface area contributed by atoms with Gasteiger partial charge in [-0.05, 0) is 30.7 Å². The number of sulfonamides is 1. The van der Waals surface area contributed by atoms with Crippen LogP contribution in [0.25, 0.3) is 0 Å². The fraction of sp³-hybridized carbons (Fsp3) is 0.636. The Balaban J connectivity index is 1.89. The van der Waals surface area contributed by atoms with Crippen LogP contribution in [-0.4, -0.2) is 31.9 Å². The number of rotatable bonds is 2. The summed E-state index contributed by atoms with van der Waals surface area (Å²) in [6.45, 7) is 1.04. The van der Waals surface area contributed by atoms with Gasteiger partial charge >= 0.3 is 0 Å². The minimum atomic E-state index is -3.54. The number of hydrogen-bond donors (Lipinski definition) is 1. The summed E-state index contributed by atoms with van der Waals surface area (Å²) in [6.07, 6.45) is 2.00. The monoisotopic (exact) mass is 340 g/mol. The molecule has 4 nitrogen and oxygen atoms in total. The Morgan fingerprint density at radius 3 is 2.63 bits per heavy atom. The molecule has 0 amide bonds. The molecule has 106 valence electrons. The Morgan fingerprint density at radius 2 is 2.05 bits per heavy atom. The topological polar surface area (TPSA) is 63.4 Å². The normalized spacial score (nSPS) is 31.8. The van der Waals surface area contributed by atoms with Gasteiger partial charge in [0, 0.05) is 19.1 Å². The summed E-state index contributed by atoms with van der Waals surface area (Å²) < 4.78 is 27.2. The van der Waals surface area contributed by atoms with Crippen LogP contribution in [0.15, 0.2) is 11.0 Å². The van der Waals surface area contributed by atoms with E-state index in [0.29, 0.717) is 23.3 Å². The van der Waals surface area contributed by atoms with Gasteiger partial charge in [-0.3, -0.25) is 0 Å². The number of hydrogen-bond acceptors (Lipinski definition) is 4. The summed E-state index contributed by atoms with van der Waals surface area (Å²) in [5.74, 6) is 0.667. The van der Waals surface area contributed by atoms with Crippen LogP contribution in [0.3, 0.4) is 0 Å². The van der Waals surface area contributed by atoms with Gasteiger partial charge in [-0.2, -0.15) is 4.31 Å². The molecule has 0 spiro atoms. The summed E-state index contributed by atoms with van der Waals surface area (Å²) in [5.41, 5.74) is 6.03. The SMILES string of the molecule is NC1CCC2CN(S(=O)(=O)c3cc(Cl)sc3Cl)CC12. The van der Waals surface area contributed by atoms with Crippen molar-refractivity contribution < 1.29 is 8.42 Å². The molecule has 1 aliphatic heterocycles. The average Bonchev–Trinajstić information content (AvgIpc) is 2.96. The van der Waals surface area contributed by atoms with Crippen molar-refractivity contribution in [1.29, 1.82) is 0 Å². The van der Waals surface area contributed by atoms with E-state index in [1.807, 2.05) is 0 Å². The maximum atomic E-state index is 12.6. The van der Waals surface area contributed by atoms with Crippen LogP contribution in [0.4, 0.5) is 0 Å². The molecule has 3 rings (SSSR count). The maximum absolute atomic E-state index is 12.6. The number of thiophene rings is 1. The quantitative estimate of drug-likeness (QED) is 0.899. The second-order valence-corrected chi connectivity index (χ2v) is 9.37. The third kappa shape index (κ3) is 2.32. The zero-order chi connectivity index (χ0) is 13.8. The average molecular weight is 341 g/mol. The lowest BCUT2D eigenvalue weighted by molar-refractivity contribution is 0.427. The van der Waals surface area contributed by atoms with Crippen molar-refractivity contribution in [3.63, 3.8) is 0 Å². The van der Waals surface area contributed by atoms with Gasteiger partial charge in [0.15, 0.2) is 0 Å². The molecule has 1 saturated carbocycles. The van der Waals surface area contributed by atoms with E-state index in [2.05, 4.69) is 0 Å². The molecule has 19 heavy (non-hydrogen) atoms. The third-order valence-electron chi connectivity index (χ3n) is 4.12. The second kappa shape index (κ2) is 4.86. The zero-order valence-electron chi connectivity index (χ0n) is 10.1. The standard InChI is InChI=1S/C11H14Cl2N2O2S2/c12-10-3-9(11(13)18-10)19(16,17)15-4-6-1-2-8(14)7(6)5-15/h3,6-8H,1-2,4-5,14H2. The van der Waals surface area contributed by atoms with E-state index in [4.69, 9.17) is 28.9 Å². The van der Waals surface area contributed by atoms with Crippen molar-refractivity contribution in [2.24, 2.45) is 17.6 Å². The fourth-order valence-electron chi connectivity index (χ4n) is 3.10. The molecule has 0 radical (unpaired) electrons. The van der Waals surface area contributed by atoms with Crippen LogP contribution in [0.5, 0.6) is 0 Å². The first-order valence-electron chi connectivity index (χ1n) is 6.10. The number of nitrogens with zero attached hydrogens (tertiary/aromatic N) is 1. The van der Waals surface area contributed by atoms with E-state index in [1.54, 1.807) is 0 Å². The van der Waals surface area contributed by atoms with Gasteiger partial charge in [-0.25, -0.2) is 8.42 Å². The Labute approximate surface area is 126 Å². The highest BCUT2D eigenvalue weighted by molar-refractivity contribution is 7.89. The molecule has 1 saturated heterocycles. The molecule has 0 aromatic carbocycles. The van der Waals surface area contributed by atoms with Crippen molar-refractivity contribution in [3.05, 3.63) is 14.7 Å². The molecule has 1 aromatic rings. The Kier molecular flexibility index (Phi) is 3.61. The molecule has 0 bridgehead atoms. The summed E-state index contributed by atoms with van der Waals surface area (Å²) in [7, 11) is -3.54. The number of halogens is 2. The molecule has 2 fully saturated rings. The summed E-state index contributed by atoms with van der Waals surface area (Å²) in [5, 5.41) is 0. The molecule has 2 N–H and O–H groups in total. The number of fused-ring (bicyclic) bond motifs is 1. The van der Waals surface area contributed by atoms with E-state index >= 15 is 0 Å². The second-order valence-electron chi connectivity index (χ2n) is 5.18. The largest absolute Gasteiger partial charge is 0.327 e. The first-order chi connectivity index (χ1) is 8.89. The minimum absolute atomic E-state index is 0.117. The van der Waals surface area contributed by atoms with Crippen LogP contribution >= 0.6 is 34.5 Å². The molecule has 3 unspecified atom stereocenters. The van der Waals surface area contributed by atoms with Gasteiger partial charge in [0.05, 0.1) is 4.34 Å². The maximum Gasteiger partial charge on any atom is 0.245 e. The van der Waals surface area contributed by atoms with Gasteiger partial charge in [-0.15, -0.1) is 11.3 Å². The smallest absolute Gasteiger partial charge is 0.245 e. The summed E-state index contributed by atoms with van der Waals surface area (Å²) in [4.78, 5) is 0.123. The van der Waals surface area contributed by atoms with Gasteiger partial charge < -0.3 is 5.73 Å². The predicted molar refractivity (Wildman–Crippen MR) is 77.3 cm³/mol. The Bertz CT molecular complexity index is 602. The van der Waals surface area contributed by atoms with Crippen LogP contribution < -0.4 is 5.73 Å². The van der Waals surface area contributed by atoms with E-state index in [1.165, 1.54) is 10.4 Å². The first kappa shape index (κ1) is 14.1.